The molecule has 2 heterocycles. The number of hydrogen-bond donors (Lipinski definition) is 1. The highest BCUT2D eigenvalue weighted by molar-refractivity contribution is 5.22. The summed E-state index contributed by atoms with van der Waals surface area (Å²) in [5, 5.41) is 7.48. The van der Waals surface area contributed by atoms with E-state index in [0.717, 1.165) is 37.3 Å². The molecule has 0 spiro atoms. The van der Waals surface area contributed by atoms with Gasteiger partial charge in [-0.1, -0.05) is 35.5 Å². The van der Waals surface area contributed by atoms with Gasteiger partial charge in [0.2, 0.25) is 0 Å². The first-order chi connectivity index (χ1) is 9.88. The smallest absolute Gasteiger partial charge is 0.260 e. The lowest BCUT2D eigenvalue weighted by Gasteiger charge is -2.19. The molecule has 1 fully saturated rings. The van der Waals surface area contributed by atoms with E-state index in [1.165, 1.54) is 0 Å². The van der Waals surface area contributed by atoms with Crippen molar-refractivity contribution in [2.45, 2.75) is 24.9 Å². The second-order valence-electron chi connectivity index (χ2n) is 5.04. The average molecular weight is 273 g/mol. The summed E-state index contributed by atoms with van der Waals surface area (Å²) in [6.45, 7) is 2.03. The highest BCUT2D eigenvalue weighted by atomic mass is 16.5. The molecule has 20 heavy (non-hydrogen) atoms. The predicted molar refractivity (Wildman–Crippen MR) is 74.4 cm³/mol. The van der Waals surface area contributed by atoms with Crippen LogP contribution in [0.25, 0.3) is 0 Å². The number of piperidine rings is 1. The van der Waals surface area contributed by atoms with Crippen LogP contribution in [0, 0.1) is 0 Å². The Bertz CT molecular complexity index is 535. The monoisotopic (exact) mass is 273 g/mol. The van der Waals surface area contributed by atoms with Gasteiger partial charge in [-0.25, -0.2) is 0 Å². The molecule has 0 radical (unpaired) electrons. The molecule has 5 heteroatoms. The van der Waals surface area contributed by atoms with Gasteiger partial charge in [-0.2, -0.15) is 4.98 Å². The quantitative estimate of drug-likeness (QED) is 0.926. The number of hydrogen-bond acceptors (Lipinski definition) is 5. The third kappa shape index (κ3) is 2.73. The van der Waals surface area contributed by atoms with Crippen molar-refractivity contribution >= 4 is 0 Å². The molecule has 0 saturated carbocycles. The molecule has 1 atom stereocenters. The number of ether oxygens (including phenoxy) is 1. The molecular formula is C15H19N3O2. The third-order valence-electron chi connectivity index (χ3n) is 3.72. The van der Waals surface area contributed by atoms with Gasteiger partial charge in [0.25, 0.3) is 5.89 Å². The Morgan fingerprint density at radius 2 is 2.00 bits per heavy atom. The molecule has 2 aromatic rings. The van der Waals surface area contributed by atoms with Gasteiger partial charge in [-0.3, -0.25) is 0 Å². The highest BCUT2D eigenvalue weighted by Crippen LogP contribution is 2.27. The fraction of sp³-hybridized carbons (Fsp3) is 0.467. The Morgan fingerprint density at radius 1 is 1.25 bits per heavy atom. The van der Waals surface area contributed by atoms with Gasteiger partial charge in [0.15, 0.2) is 11.9 Å². The van der Waals surface area contributed by atoms with Crippen LogP contribution in [0.3, 0.4) is 0 Å². The maximum absolute atomic E-state index is 5.51. The Balaban J connectivity index is 1.81. The molecule has 0 amide bonds. The van der Waals surface area contributed by atoms with E-state index in [1.807, 2.05) is 30.3 Å². The maximum Gasteiger partial charge on any atom is 0.260 e. The van der Waals surface area contributed by atoms with Crippen molar-refractivity contribution in [1.82, 2.24) is 15.5 Å². The zero-order valence-electron chi connectivity index (χ0n) is 11.6. The van der Waals surface area contributed by atoms with Crippen LogP contribution in [0.1, 0.15) is 42.1 Å². The summed E-state index contributed by atoms with van der Waals surface area (Å²) in [5.41, 5.74) is 1.02. The Labute approximate surface area is 118 Å². The van der Waals surface area contributed by atoms with Crippen LogP contribution in [0.5, 0.6) is 0 Å². The van der Waals surface area contributed by atoms with Gasteiger partial charge < -0.3 is 14.6 Å². The van der Waals surface area contributed by atoms with Crippen LogP contribution in [-0.4, -0.2) is 30.3 Å². The van der Waals surface area contributed by atoms with Crippen molar-refractivity contribution in [3.63, 3.8) is 0 Å². The number of benzene rings is 1. The molecule has 0 bridgehead atoms. The van der Waals surface area contributed by atoms with E-state index in [2.05, 4.69) is 15.5 Å². The number of nitrogens with zero attached hydrogens (tertiary/aromatic N) is 2. The molecule has 5 nitrogen and oxygen atoms in total. The number of rotatable bonds is 4. The lowest BCUT2D eigenvalue weighted by molar-refractivity contribution is 0.105. The highest BCUT2D eigenvalue weighted by Gasteiger charge is 2.25. The second kappa shape index (κ2) is 6.15. The summed E-state index contributed by atoms with van der Waals surface area (Å²) in [4.78, 5) is 4.55. The predicted octanol–water partition coefficient (Wildman–Crippen LogP) is 2.27. The third-order valence-corrected chi connectivity index (χ3v) is 3.72. The molecule has 1 aromatic heterocycles. The summed E-state index contributed by atoms with van der Waals surface area (Å²) in [6.07, 6.45) is 1.82. The molecule has 1 N–H and O–H groups in total. The summed E-state index contributed by atoms with van der Waals surface area (Å²) in [5.74, 6) is 1.73. The maximum atomic E-state index is 5.51. The van der Waals surface area contributed by atoms with Crippen molar-refractivity contribution in [3.8, 4) is 0 Å². The Morgan fingerprint density at radius 3 is 2.70 bits per heavy atom. The fourth-order valence-electron chi connectivity index (χ4n) is 2.61. The Hall–Kier alpha value is -1.72. The van der Waals surface area contributed by atoms with Crippen LogP contribution in [0.4, 0.5) is 0 Å². The summed E-state index contributed by atoms with van der Waals surface area (Å²) >= 11 is 0. The van der Waals surface area contributed by atoms with Crippen molar-refractivity contribution in [2.24, 2.45) is 0 Å². The van der Waals surface area contributed by atoms with Crippen molar-refractivity contribution in [1.29, 1.82) is 0 Å². The van der Waals surface area contributed by atoms with E-state index < -0.39 is 0 Å². The van der Waals surface area contributed by atoms with Crippen LogP contribution < -0.4 is 5.32 Å². The first kappa shape index (κ1) is 13.3. The largest absolute Gasteiger partial charge is 0.367 e. The van der Waals surface area contributed by atoms with Crippen molar-refractivity contribution < 1.29 is 9.26 Å². The Kier molecular flexibility index (Phi) is 4.08. The molecule has 3 rings (SSSR count). The minimum atomic E-state index is -0.292. The van der Waals surface area contributed by atoms with Crippen LogP contribution >= 0.6 is 0 Å². The minimum absolute atomic E-state index is 0.292. The zero-order valence-corrected chi connectivity index (χ0v) is 11.6. The summed E-state index contributed by atoms with van der Waals surface area (Å²) < 4.78 is 10.9. The number of nitrogens with one attached hydrogen (secondary N) is 1. The molecular weight excluding hydrogens is 254 g/mol. The van der Waals surface area contributed by atoms with E-state index in [0.29, 0.717) is 11.8 Å². The average Bonchev–Trinajstić information content (AvgIpc) is 3.00. The van der Waals surface area contributed by atoms with E-state index in [-0.39, 0.29) is 6.10 Å². The minimum Gasteiger partial charge on any atom is -0.367 e. The molecule has 1 unspecified atom stereocenters. The zero-order chi connectivity index (χ0) is 13.8. The van der Waals surface area contributed by atoms with Gasteiger partial charge in [0.1, 0.15) is 0 Å². The standard InChI is InChI=1S/C15H19N3O2/c1-19-13(11-5-3-2-4-6-11)15-17-14(18-20-15)12-7-9-16-10-8-12/h2-6,12-13,16H,7-10H2,1H3. The first-order valence-electron chi connectivity index (χ1n) is 7.00. The summed E-state index contributed by atoms with van der Waals surface area (Å²) in [6, 6.07) is 9.94. The SMILES string of the molecule is COC(c1ccccc1)c1nc(C2CCNCC2)no1. The van der Waals surface area contributed by atoms with Crippen LogP contribution in [-0.2, 0) is 4.74 Å². The molecule has 1 aliphatic heterocycles. The normalized spacial score (nSPS) is 18.1. The van der Waals surface area contributed by atoms with Gasteiger partial charge in [-0.15, -0.1) is 0 Å². The lowest BCUT2D eigenvalue weighted by atomic mass is 9.97. The molecule has 1 aromatic carbocycles. The van der Waals surface area contributed by atoms with Gasteiger partial charge in [0.05, 0.1) is 0 Å². The summed E-state index contributed by atoms with van der Waals surface area (Å²) in [7, 11) is 1.66. The number of methoxy groups -OCH3 is 1. The molecule has 1 aliphatic rings. The van der Waals surface area contributed by atoms with E-state index in [1.54, 1.807) is 7.11 Å². The fourth-order valence-corrected chi connectivity index (χ4v) is 2.61. The van der Waals surface area contributed by atoms with E-state index >= 15 is 0 Å². The molecule has 0 aliphatic carbocycles. The molecule has 1 saturated heterocycles. The van der Waals surface area contributed by atoms with Crippen molar-refractivity contribution in [3.05, 3.63) is 47.6 Å². The van der Waals surface area contributed by atoms with E-state index in [4.69, 9.17) is 9.26 Å². The van der Waals surface area contributed by atoms with Crippen molar-refractivity contribution in [2.75, 3.05) is 20.2 Å². The van der Waals surface area contributed by atoms with Gasteiger partial charge in [0, 0.05) is 13.0 Å². The van der Waals surface area contributed by atoms with Gasteiger partial charge in [-0.05, 0) is 31.5 Å². The first-order valence-corrected chi connectivity index (χ1v) is 7.00. The van der Waals surface area contributed by atoms with Crippen LogP contribution in [0.2, 0.25) is 0 Å². The van der Waals surface area contributed by atoms with Gasteiger partial charge >= 0.3 is 0 Å². The second-order valence-corrected chi connectivity index (χ2v) is 5.04. The van der Waals surface area contributed by atoms with Crippen LogP contribution in [0.15, 0.2) is 34.9 Å². The molecule has 106 valence electrons. The van der Waals surface area contributed by atoms with E-state index in [9.17, 15) is 0 Å². The number of aromatic nitrogens is 2. The topological polar surface area (TPSA) is 60.2 Å². The lowest BCUT2D eigenvalue weighted by Crippen LogP contribution is -2.27.